The largest absolute Gasteiger partial charge is 0.376 e. The van der Waals surface area contributed by atoms with Crippen LogP contribution in [-0.2, 0) is 23.1 Å². The predicted octanol–water partition coefficient (Wildman–Crippen LogP) is 1.85. The van der Waals surface area contributed by atoms with Gasteiger partial charge in [0.05, 0.1) is 12.2 Å². The Morgan fingerprint density at radius 1 is 1.08 bits per heavy atom. The maximum Gasteiger partial charge on any atom is 0.257 e. The lowest BCUT2D eigenvalue weighted by molar-refractivity contribution is -0.128. The molecule has 0 aliphatic carbocycles. The second kappa shape index (κ2) is 8.51. The Morgan fingerprint density at radius 2 is 1.77 bits per heavy atom. The molecule has 1 aromatic carbocycles. The quantitative estimate of drug-likeness (QED) is 0.689. The van der Waals surface area contributed by atoms with Gasteiger partial charge in [0.25, 0.3) is 5.91 Å². The number of hydrazine groups is 1. The molecule has 0 aliphatic rings. The van der Waals surface area contributed by atoms with Crippen molar-refractivity contribution in [3.8, 4) is 0 Å². The molecule has 7 heteroatoms. The van der Waals surface area contributed by atoms with Gasteiger partial charge in [-0.25, -0.2) is 0 Å². The Hall–Kier alpha value is -2.83. The van der Waals surface area contributed by atoms with E-state index in [4.69, 9.17) is 0 Å². The maximum absolute atomic E-state index is 11.9. The van der Waals surface area contributed by atoms with Crippen molar-refractivity contribution in [1.29, 1.82) is 0 Å². The van der Waals surface area contributed by atoms with E-state index in [1.165, 1.54) is 5.56 Å². The number of nitrogens with zero attached hydrogens (tertiary/aromatic N) is 2. The van der Waals surface area contributed by atoms with Gasteiger partial charge in [0.1, 0.15) is 0 Å². The topological polar surface area (TPSA) is 88.1 Å². The van der Waals surface area contributed by atoms with Crippen molar-refractivity contribution in [3.05, 3.63) is 46.3 Å². The third-order valence-corrected chi connectivity index (χ3v) is 4.42. The van der Waals surface area contributed by atoms with Gasteiger partial charge in [0, 0.05) is 24.8 Å². The van der Waals surface area contributed by atoms with Crippen LogP contribution in [0.25, 0.3) is 0 Å². The van der Waals surface area contributed by atoms with E-state index < -0.39 is 0 Å². The van der Waals surface area contributed by atoms with E-state index in [2.05, 4.69) is 21.3 Å². The van der Waals surface area contributed by atoms with Crippen LogP contribution in [0, 0.1) is 27.7 Å². The molecule has 0 aliphatic heterocycles. The Balaban J connectivity index is 1.73. The van der Waals surface area contributed by atoms with Crippen molar-refractivity contribution in [2.24, 2.45) is 7.05 Å². The molecule has 0 fully saturated rings. The zero-order chi connectivity index (χ0) is 19.3. The molecular weight excluding hydrogens is 330 g/mol. The summed E-state index contributed by atoms with van der Waals surface area (Å²) in [6.45, 7) is 8.00. The standard InChI is InChI=1S/C19H27N5O2/c1-12-6-8-17(13(2)10-12)20-11-19(26)22-21-18(25)9-7-16-14(3)23-24(5)15(16)4/h6,8,10,20H,7,9,11H2,1-5H3,(H,21,25)(H,22,26). The highest BCUT2D eigenvalue weighted by molar-refractivity contribution is 5.84. The molecule has 2 rings (SSSR count). The Morgan fingerprint density at radius 3 is 2.38 bits per heavy atom. The Kier molecular flexibility index (Phi) is 6.38. The number of aromatic nitrogens is 2. The summed E-state index contributed by atoms with van der Waals surface area (Å²) in [7, 11) is 1.88. The summed E-state index contributed by atoms with van der Waals surface area (Å²) in [4.78, 5) is 23.8. The van der Waals surface area contributed by atoms with Crippen molar-refractivity contribution in [2.75, 3.05) is 11.9 Å². The Bertz CT molecular complexity index is 811. The smallest absolute Gasteiger partial charge is 0.257 e. The van der Waals surface area contributed by atoms with Crippen LogP contribution < -0.4 is 16.2 Å². The maximum atomic E-state index is 11.9. The second-order valence-corrected chi connectivity index (χ2v) is 6.54. The van der Waals surface area contributed by atoms with Gasteiger partial charge in [-0.05, 0) is 51.3 Å². The van der Waals surface area contributed by atoms with E-state index in [0.717, 1.165) is 28.2 Å². The van der Waals surface area contributed by atoms with Gasteiger partial charge in [0.15, 0.2) is 0 Å². The average Bonchev–Trinajstić information content (AvgIpc) is 2.82. The van der Waals surface area contributed by atoms with Crippen molar-refractivity contribution in [3.63, 3.8) is 0 Å². The van der Waals surface area contributed by atoms with E-state index >= 15 is 0 Å². The molecule has 0 unspecified atom stereocenters. The molecule has 2 amide bonds. The number of anilines is 1. The Labute approximate surface area is 154 Å². The van der Waals surface area contributed by atoms with E-state index in [9.17, 15) is 9.59 Å². The summed E-state index contributed by atoms with van der Waals surface area (Å²) in [5.74, 6) is -0.528. The molecular formula is C19H27N5O2. The van der Waals surface area contributed by atoms with E-state index in [1.807, 2.05) is 57.6 Å². The molecule has 1 heterocycles. The number of amides is 2. The first-order valence-corrected chi connectivity index (χ1v) is 8.65. The highest BCUT2D eigenvalue weighted by Gasteiger charge is 2.12. The normalized spacial score (nSPS) is 10.5. The van der Waals surface area contributed by atoms with Crippen molar-refractivity contribution < 1.29 is 9.59 Å². The van der Waals surface area contributed by atoms with Crippen LogP contribution in [0.5, 0.6) is 0 Å². The van der Waals surface area contributed by atoms with Crippen LogP contribution in [0.2, 0.25) is 0 Å². The number of carbonyl (C=O) groups is 2. The van der Waals surface area contributed by atoms with Gasteiger partial charge in [-0.15, -0.1) is 0 Å². The van der Waals surface area contributed by atoms with Gasteiger partial charge in [-0.3, -0.25) is 25.1 Å². The van der Waals surface area contributed by atoms with E-state index in [-0.39, 0.29) is 24.8 Å². The molecule has 0 saturated carbocycles. The van der Waals surface area contributed by atoms with Crippen molar-refractivity contribution in [1.82, 2.24) is 20.6 Å². The minimum absolute atomic E-state index is 0.0883. The summed E-state index contributed by atoms with van der Waals surface area (Å²) in [6, 6.07) is 5.97. The summed E-state index contributed by atoms with van der Waals surface area (Å²) in [6.07, 6.45) is 0.881. The molecule has 140 valence electrons. The number of rotatable bonds is 6. The monoisotopic (exact) mass is 357 g/mol. The van der Waals surface area contributed by atoms with Gasteiger partial charge in [-0.1, -0.05) is 17.7 Å². The molecule has 0 radical (unpaired) electrons. The summed E-state index contributed by atoms with van der Waals surface area (Å²) in [5, 5.41) is 7.40. The van der Waals surface area contributed by atoms with Crippen molar-refractivity contribution in [2.45, 2.75) is 40.5 Å². The fourth-order valence-electron chi connectivity index (χ4n) is 2.85. The van der Waals surface area contributed by atoms with Crippen LogP contribution in [0.4, 0.5) is 5.69 Å². The number of nitrogens with one attached hydrogen (secondary N) is 3. The van der Waals surface area contributed by atoms with E-state index in [1.54, 1.807) is 0 Å². The number of benzene rings is 1. The molecule has 3 N–H and O–H groups in total. The van der Waals surface area contributed by atoms with Crippen LogP contribution in [-0.4, -0.2) is 28.1 Å². The highest BCUT2D eigenvalue weighted by Crippen LogP contribution is 2.15. The first-order chi connectivity index (χ1) is 12.3. The summed E-state index contributed by atoms with van der Waals surface area (Å²) >= 11 is 0. The lowest BCUT2D eigenvalue weighted by atomic mass is 10.1. The first-order valence-electron chi connectivity index (χ1n) is 8.65. The highest BCUT2D eigenvalue weighted by atomic mass is 16.2. The minimum Gasteiger partial charge on any atom is -0.376 e. The van der Waals surface area contributed by atoms with Crippen molar-refractivity contribution >= 4 is 17.5 Å². The van der Waals surface area contributed by atoms with Gasteiger partial charge in [0.2, 0.25) is 5.91 Å². The molecule has 0 atom stereocenters. The zero-order valence-electron chi connectivity index (χ0n) is 16.1. The predicted molar refractivity (Wildman–Crippen MR) is 102 cm³/mol. The summed E-state index contributed by atoms with van der Waals surface area (Å²) < 4.78 is 1.81. The third-order valence-electron chi connectivity index (χ3n) is 4.42. The molecule has 26 heavy (non-hydrogen) atoms. The number of hydrogen-bond donors (Lipinski definition) is 3. The van der Waals surface area contributed by atoms with Crippen LogP contribution in [0.1, 0.15) is 34.5 Å². The fraction of sp³-hybridized carbons (Fsp3) is 0.421. The van der Waals surface area contributed by atoms with Gasteiger partial charge in [-0.2, -0.15) is 5.10 Å². The lowest BCUT2D eigenvalue weighted by Gasteiger charge is -2.11. The van der Waals surface area contributed by atoms with Gasteiger partial charge >= 0.3 is 0 Å². The number of hydrogen-bond acceptors (Lipinski definition) is 4. The number of aryl methyl sites for hydroxylation is 4. The molecule has 0 spiro atoms. The second-order valence-electron chi connectivity index (χ2n) is 6.54. The number of carbonyl (C=O) groups excluding carboxylic acids is 2. The molecule has 0 saturated heterocycles. The molecule has 0 bridgehead atoms. The van der Waals surface area contributed by atoms with Gasteiger partial charge < -0.3 is 5.32 Å². The average molecular weight is 357 g/mol. The van der Waals surface area contributed by atoms with Crippen LogP contribution in [0.3, 0.4) is 0 Å². The first kappa shape index (κ1) is 19.5. The van der Waals surface area contributed by atoms with Crippen LogP contribution >= 0.6 is 0 Å². The van der Waals surface area contributed by atoms with Crippen LogP contribution in [0.15, 0.2) is 18.2 Å². The third kappa shape index (κ3) is 5.08. The molecule has 2 aromatic rings. The molecule has 1 aromatic heterocycles. The molecule has 7 nitrogen and oxygen atoms in total. The van der Waals surface area contributed by atoms with E-state index in [0.29, 0.717) is 6.42 Å². The SMILES string of the molecule is Cc1ccc(NCC(=O)NNC(=O)CCc2c(C)nn(C)c2C)c(C)c1. The fourth-order valence-corrected chi connectivity index (χ4v) is 2.85. The summed E-state index contributed by atoms with van der Waals surface area (Å²) in [5.41, 5.74) is 11.1. The lowest BCUT2D eigenvalue weighted by Crippen LogP contribution is -2.44. The zero-order valence-corrected chi connectivity index (χ0v) is 16.1. The minimum atomic E-state index is -0.299.